The van der Waals surface area contributed by atoms with E-state index in [4.69, 9.17) is 15.2 Å². The van der Waals surface area contributed by atoms with Crippen molar-refractivity contribution in [1.29, 1.82) is 0 Å². The summed E-state index contributed by atoms with van der Waals surface area (Å²) in [6, 6.07) is 8.38. The summed E-state index contributed by atoms with van der Waals surface area (Å²) >= 11 is 0. The third-order valence-electron chi connectivity index (χ3n) is 4.14. The van der Waals surface area contributed by atoms with Crippen LogP contribution in [0, 0.1) is 6.92 Å². The predicted octanol–water partition coefficient (Wildman–Crippen LogP) is 2.29. The first-order chi connectivity index (χ1) is 12.2. The molecule has 7 heteroatoms. The van der Waals surface area contributed by atoms with Crippen molar-refractivity contribution < 1.29 is 9.47 Å². The highest BCUT2D eigenvalue weighted by molar-refractivity contribution is 5.82. The topological polar surface area (TPSA) is 88.1 Å². The van der Waals surface area contributed by atoms with Crippen LogP contribution in [0.5, 0.6) is 11.8 Å². The minimum Gasteiger partial charge on any atom is -0.490 e. The second-order valence-corrected chi connectivity index (χ2v) is 5.87. The number of ether oxygens (including phenoxy) is 2. The maximum absolute atomic E-state index is 6.04. The summed E-state index contributed by atoms with van der Waals surface area (Å²) in [5.74, 6) is 2.04. The van der Waals surface area contributed by atoms with Gasteiger partial charge < -0.3 is 19.8 Å². The van der Waals surface area contributed by atoms with Crippen molar-refractivity contribution >= 4 is 17.0 Å². The minimum absolute atomic E-state index is 0.257. The highest BCUT2D eigenvalue weighted by Crippen LogP contribution is 2.22. The summed E-state index contributed by atoms with van der Waals surface area (Å²) < 4.78 is 13.4. The Labute approximate surface area is 145 Å². The van der Waals surface area contributed by atoms with E-state index in [0.29, 0.717) is 30.2 Å². The van der Waals surface area contributed by atoms with Crippen LogP contribution in [-0.2, 0) is 13.0 Å². The summed E-state index contributed by atoms with van der Waals surface area (Å²) in [7, 11) is 0. The van der Waals surface area contributed by atoms with Gasteiger partial charge in [0.05, 0.1) is 0 Å². The lowest BCUT2D eigenvalue weighted by Crippen LogP contribution is -2.07. The first-order valence-corrected chi connectivity index (χ1v) is 8.20. The van der Waals surface area contributed by atoms with Crippen LogP contribution < -0.4 is 15.2 Å². The molecule has 0 amide bonds. The Morgan fingerprint density at radius 1 is 1.08 bits per heavy atom. The number of nitrogens with two attached hydrogens (primary N) is 1. The van der Waals surface area contributed by atoms with Gasteiger partial charge in [0.25, 0.3) is 0 Å². The average molecular weight is 337 g/mol. The van der Waals surface area contributed by atoms with Crippen molar-refractivity contribution in [2.24, 2.45) is 0 Å². The maximum Gasteiger partial charge on any atom is 0.320 e. The van der Waals surface area contributed by atoms with Crippen LogP contribution in [0.25, 0.3) is 11.2 Å². The number of hydrogen-bond donors (Lipinski definition) is 1. The molecule has 25 heavy (non-hydrogen) atoms. The van der Waals surface area contributed by atoms with Gasteiger partial charge in [-0.05, 0) is 43.2 Å². The van der Waals surface area contributed by atoms with Crippen molar-refractivity contribution in [3.8, 4) is 11.8 Å². The largest absolute Gasteiger partial charge is 0.490 e. The lowest BCUT2D eigenvalue weighted by molar-refractivity contribution is 0.330. The zero-order valence-corrected chi connectivity index (χ0v) is 14.0. The molecule has 0 saturated heterocycles. The summed E-state index contributed by atoms with van der Waals surface area (Å²) in [5, 5.41) is 0. The Balaban J connectivity index is 1.78. The fourth-order valence-corrected chi connectivity index (χ4v) is 2.88. The monoisotopic (exact) mass is 337 g/mol. The van der Waals surface area contributed by atoms with Gasteiger partial charge in [0.1, 0.15) is 24.8 Å². The van der Waals surface area contributed by atoms with Crippen molar-refractivity contribution in [3.63, 3.8) is 0 Å². The number of benzene rings is 1. The highest BCUT2D eigenvalue weighted by Gasteiger charge is 2.15. The molecule has 3 heterocycles. The van der Waals surface area contributed by atoms with E-state index in [1.165, 1.54) is 5.56 Å². The van der Waals surface area contributed by atoms with Gasteiger partial charge in [-0.3, -0.25) is 0 Å². The molecule has 0 radical (unpaired) electrons. The van der Waals surface area contributed by atoms with Gasteiger partial charge >= 0.3 is 6.01 Å². The molecule has 1 aliphatic rings. The maximum atomic E-state index is 6.04. The summed E-state index contributed by atoms with van der Waals surface area (Å²) in [5.41, 5.74) is 8.54. The van der Waals surface area contributed by atoms with Crippen LogP contribution in [0.1, 0.15) is 11.4 Å². The summed E-state index contributed by atoms with van der Waals surface area (Å²) in [4.78, 5) is 13.2. The third kappa shape index (κ3) is 3.13. The van der Waals surface area contributed by atoms with E-state index in [0.717, 1.165) is 24.5 Å². The molecule has 4 rings (SSSR count). The quantitative estimate of drug-likeness (QED) is 0.633. The normalized spacial score (nSPS) is 15.9. The Hall–Kier alpha value is -3.09. The molecule has 1 aliphatic heterocycles. The van der Waals surface area contributed by atoms with Gasteiger partial charge in [-0.15, -0.1) is 0 Å². The van der Waals surface area contributed by atoms with Gasteiger partial charge in [-0.2, -0.15) is 9.97 Å². The number of nitrogens with zero attached hydrogens (tertiary/aromatic N) is 4. The van der Waals surface area contributed by atoms with Gasteiger partial charge in [-0.25, -0.2) is 4.98 Å². The first-order valence-electron chi connectivity index (χ1n) is 8.20. The molecule has 0 fully saturated rings. The highest BCUT2D eigenvalue weighted by atomic mass is 16.5. The SMILES string of the molecule is Cc1nc2c(N)nc3nc2n1CCc1cccc(c1)OC/C=C/CO3. The van der Waals surface area contributed by atoms with Crippen LogP contribution in [-0.4, -0.2) is 32.7 Å². The van der Waals surface area contributed by atoms with E-state index in [-0.39, 0.29) is 6.01 Å². The van der Waals surface area contributed by atoms with Gasteiger partial charge in [0.15, 0.2) is 17.0 Å². The number of rotatable bonds is 0. The van der Waals surface area contributed by atoms with Crippen LogP contribution >= 0.6 is 0 Å². The van der Waals surface area contributed by atoms with E-state index in [1.54, 1.807) is 0 Å². The Kier molecular flexibility index (Phi) is 3.97. The number of imidazole rings is 1. The van der Waals surface area contributed by atoms with Crippen LogP contribution in [0.4, 0.5) is 5.82 Å². The summed E-state index contributed by atoms with van der Waals surface area (Å²) in [6.07, 6.45) is 4.61. The van der Waals surface area contributed by atoms with E-state index in [9.17, 15) is 0 Å². The number of hydrogen-bond acceptors (Lipinski definition) is 6. The van der Waals surface area contributed by atoms with Crippen LogP contribution in [0.2, 0.25) is 0 Å². The summed E-state index contributed by atoms with van der Waals surface area (Å²) in [6.45, 7) is 3.51. The van der Waals surface area contributed by atoms with Gasteiger partial charge in [-0.1, -0.05) is 12.1 Å². The zero-order valence-electron chi connectivity index (χ0n) is 14.0. The molecule has 128 valence electrons. The molecule has 2 N–H and O–H groups in total. The molecule has 7 nitrogen and oxygen atoms in total. The molecule has 1 aromatic carbocycles. The minimum atomic E-state index is 0.257. The Morgan fingerprint density at radius 3 is 2.80 bits per heavy atom. The lowest BCUT2D eigenvalue weighted by Gasteiger charge is -2.09. The van der Waals surface area contributed by atoms with Crippen molar-refractivity contribution in [3.05, 3.63) is 47.8 Å². The van der Waals surface area contributed by atoms with Gasteiger partial charge in [0, 0.05) is 6.54 Å². The average Bonchev–Trinajstić information content (AvgIpc) is 2.92. The van der Waals surface area contributed by atoms with E-state index in [1.807, 2.05) is 35.8 Å². The van der Waals surface area contributed by atoms with Crippen LogP contribution in [0.3, 0.4) is 0 Å². The molecule has 0 spiro atoms. The number of nitrogen functional groups attached to an aromatic ring is 1. The number of anilines is 1. The number of aryl methyl sites for hydroxylation is 3. The number of fused-ring (bicyclic) bond motifs is 3. The molecular formula is C18H19N5O2. The van der Waals surface area contributed by atoms with Gasteiger partial charge in [0.2, 0.25) is 0 Å². The van der Waals surface area contributed by atoms with E-state index >= 15 is 0 Å². The lowest BCUT2D eigenvalue weighted by atomic mass is 10.1. The second-order valence-electron chi connectivity index (χ2n) is 5.87. The predicted molar refractivity (Wildman–Crippen MR) is 94.7 cm³/mol. The second kappa shape index (κ2) is 6.43. The molecule has 0 unspecified atom stereocenters. The van der Waals surface area contributed by atoms with Crippen molar-refractivity contribution in [2.45, 2.75) is 19.9 Å². The van der Waals surface area contributed by atoms with E-state index in [2.05, 4.69) is 27.1 Å². The number of aromatic nitrogens is 4. The van der Waals surface area contributed by atoms with E-state index < -0.39 is 0 Å². The third-order valence-corrected chi connectivity index (χ3v) is 4.14. The van der Waals surface area contributed by atoms with Crippen LogP contribution in [0.15, 0.2) is 36.4 Å². The zero-order chi connectivity index (χ0) is 17.2. The smallest absolute Gasteiger partial charge is 0.320 e. The molecule has 4 bridgehead atoms. The fourth-order valence-electron chi connectivity index (χ4n) is 2.88. The molecule has 0 atom stereocenters. The Morgan fingerprint density at radius 2 is 1.92 bits per heavy atom. The molecule has 0 aliphatic carbocycles. The molecule has 0 saturated carbocycles. The first kappa shape index (κ1) is 15.4. The molecular weight excluding hydrogens is 318 g/mol. The Bertz CT molecular complexity index is 948. The van der Waals surface area contributed by atoms with Crippen molar-refractivity contribution in [1.82, 2.24) is 19.5 Å². The fraction of sp³-hybridized carbons (Fsp3) is 0.278. The molecule has 2 aromatic heterocycles. The van der Waals surface area contributed by atoms with Crippen molar-refractivity contribution in [2.75, 3.05) is 18.9 Å². The molecule has 3 aromatic rings. The standard InChI is InChI=1S/C18H19N5O2/c1-12-20-15-16(19)21-18-22-17(15)23(12)8-7-13-5-4-6-14(11-13)24-9-2-3-10-25-18/h2-6,11H,7-10H2,1H3,(H2,19,21,22)/b3-2+.